The fourth-order valence-corrected chi connectivity index (χ4v) is 4.20. The number of alkyl halides is 3. The second kappa shape index (κ2) is 7.65. The lowest BCUT2D eigenvalue weighted by molar-refractivity contribution is -0.142. The Hall–Kier alpha value is -3.81. The molecule has 8 heteroatoms. The Morgan fingerprint density at radius 1 is 1.06 bits per heavy atom. The van der Waals surface area contributed by atoms with Crippen molar-refractivity contribution in [3.8, 4) is 16.9 Å². The number of amides is 1. The van der Waals surface area contributed by atoms with E-state index < -0.39 is 11.9 Å². The first-order valence-electron chi connectivity index (χ1n) is 10.5. The average Bonchev–Trinajstić information content (AvgIpc) is 3.41. The predicted octanol–water partition coefficient (Wildman–Crippen LogP) is 6.12. The molecule has 0 radical (unpaired) electrons. The Balaban J connectivity index is 1.51. The highest BCUT2D eigenvalue weighted by Crippen LogP contribution is 2.42. The predicted molar refractivity (Wildman–Crippen MR) is 118 cm³/mol. The Morgan fingerprint density at radius 2 is 1.82 bits per heavy atom. The number of nitrogens with zero attached hydrogens (tertiary/aromatic N) is 2. The minimum Gasteiger partial charge on any atom is -0.469 e. The van der Waals surface area contributed by atoms with Gasteiger partial charge in [-0.15, -0.1) is 0 Å². The summed E-state index contributed by atoms with van der Waals surface area (Å²) < 4.78 is 47.8. The van der Waals surface area contributed by atoms with Crippen molar-refractivity contribution >= 4 is 11.6 Å². The van der Waals surface area contributed by atoms with Gasteiger partial charge in [0.25, 0.3) is 5.91 Å². The summed E-state index contributed by atoms with van der Waals surface area (Å²) in [6.45, 7) is 3.89. The quantitative estimate of drug-likeness (QED) is 0.408. The molecule has 1 N–H and O–H groups in total. The van der Waals surface area contributed by atoms with Crippen LogP contribution in [0.3, 0.4) is 0 Å². The molecular weight excluding hydrogens is 431 g/mol. The third-order valence-electron chi connectivity index (χ3n) is 6.08. The molecular formula is C25H20F3N3O2. The van der Waals surface area contributed by atoms with E-state index in [9.17, 15) is 18.0 Å². The third kappa shape index (κ3) is 3.61. The molecule has 2 heterocycles. The summed E-state index contributed by atoms with van der Waals surface area (Å²) in [5, 5.41) is 6.81. The molecule has 1 aliphatic rings. The van der Waals surface area contributed by atoms with Gasteiger partial charge in [0.05, 0.1) is 17.6 Å². The third-order valence-corrected chi connectivity index (χ3v) is 6.08. The molecule has 33 heavy (non-hydrogen) atoms. The molecule has 0 spiro atoms. The number of nitrogens with one attached hydrogen (secondary N) is 1. The van der Waals surface area contributed by atoms with Gasteiger partial charge in [-0.1, -0.05) is 12.1 Å². The molecule has 1 amide bonds. The van der Waals surface area contributed by atoms with E-state index in [1.807, 2.05) is 32.0 Å². The molecule has 5 nitrogen and oxygen atoms in total. The Kier molecular flexibility index (Phi) is 4.88. The second-order valence-corrected chi connectivity index (χ2v) is 8.09. The highest BCUT2D eigenvalue weighted by atomic mass is 19.4. The van der Waals surface area contributed by atoms with Gasteiger partial charge in [0, 0.05) is 28.8 Å². The van der Waals surface area contributed by atoms with E-state index in [-0.39, 0.29) is 17.9 Å². The lowest BCUT2D eigenvalue weighted by atomic mass is 9.94. The van der Waals surface area contributed by atoms with Gasteiger partial charge in [-0.3, -0.25) is 4.79 Å². The number of anilines is 1. The number of hydrogen-bond donors (Lipinski definition) is 1. The number of aryl methyl sites for hydroxylation is 2. The van der Waals surface area contributed by atoms with Gasteiger partial charge in [-0.2, -0.15) is 18.3 Å². The molecule has 1 aliphatic carbocycles. The zero-order valence-electron chi connectivity index (χ0n) is 18.0. The van der Waals surface area contributed by atoms with Gasteiger partial charge in [0.15, 0.2) is 5.69 Å². The number of furan rings is 1. The molecule has 0 fully saturated rings. The van der Waals surface area contributed by atoms with Crippen LogP contribution in [0.1, 0.15) is 38.5 Å². The van der Waals surface area contributed by atoms with Crippen LogP contribution in [0.15, 0.2) is 59.2 Å². The maximum Gasteiger partial charge on any atom is 0.435 e. The first-order chi connectivity index (χ1) is 15.7. The summed E-state index contributed by atoms with van der Waals surface area (Å²) in [5.74, 6) is 0.341. The van der Waals surface area contributed by atoms with E-state index in [0.29, 0.717) is 40.4 Å². The lowest BCUT2D eigenvalue weighted by Gasteiger charge is -2.15. The molecule has 4 aromatic rings. The first kappa shape index (κ1) is 21.1. The molecule has 0 saturated heterocycles. The summed E-state index contributed by atoms with van der Waals surface area (Å²) in [6.07, 6.45) is -2.50. The van der Waals surface area contributed by atoms with Gasteiger partial charge < -0.3 is 9.73 Å². The van der Waals surface area contributed by atoms with Gasteiger partial charge in [-0.05, 0) is 67.8 Å². The SMILES string of the molecule is Cc1cccc(NC(=O)c2ccc(-n3nc(C(F)(F)F)c4c3-c3ccoc3CC4)cc2)c1C. The van der Waals surface area contributed by atoms with Crippen LogP contribution in [-0.2, 0) is 19.0 Å². The van der Waals surface area contributed by atoms with Gasteiger partial charge in [0.2, 0.25) is 0 Å². The number of halogens is 3. The van der Waals surface area contributed by atoms with Crippen molar-refractivity contribution in [1.29, 1.82) is 0 Å². The topological polar surface area (TPSA) is 60.1 Å². The van der Waals surface area contributed by atoms with Gasteiger partial charge in [0.1, 0.15) is 5.76 Å². The fraction of sp³-hybridized carbons (Fsp3) is 0.200. The van der Waals surface area contributed by atoms with Crippen LogP contribution in [0.25, 0.3) is 16.9 Å². The van der Waals surface area contributed by atoms with Gasteiger partial charge in [-0.25, -0.2) is 4.68 Å². The molecule has 168 valence electrons. The molecule has 5 rings (SSSR count). The maximum atomic E-state index is 13.7. The summed E-state index contributed by atoms with van der Waals surface area (Å²) in [7, 11) is 0. The monoisotopic (exact) mass is 451 g/mol. The van der Waals surface area contributed by atoms with E-state index in [0.717, 1.165) is 11.1 Å². The van der Waals surface area contributed by atoms with Crippen LogP contribution >= 0.6 is 0 Å². The van der Waals surface area contributed by atoms with Crippen molar-refractivity contribution in [2.75, 3.05) is 5.32 Å². The fourth-order valence-electron chi connectivity index (χ4n) is 4.20. The van der Waals surface area contributed by atoms with E-state index in [4.69, 9.17) is 4.42 Å². The van der Waals surface area contributed by atoms with Crippen LogP contribution < -0.4 is 5.32 Å². The number of carbonyl (C=O) groups is 1. The smallest absolute Gasteiger partial charge is 0.435 e. The van der Waals surface area contributed by atoms with Crippen LogP contribution in [0.5, 0.6) is 0 Å². The molecule has 0 saturated carbocycles. The summed E-state index contributed by atoms with van der Waals surface area (Å²) in [4.78, 5) is 12.7. The number of hydrogen-bond acceptors (Lipinski definition) is 3. The van der Waals surface area contributed by atoms with E-state index in [1.54, 1.807) is 30.3 Å². The number of fused-ring (bicyclic) bond motifs is 3. The standard InChI is InChI=1S/C25H20F3N3O2/c1-14-4-3-5-20(15(14)2)29-24(32)16-6-8-17(9-7-16)31-22-18-12-13-33-21(18)11-10-19(22)23(30-31)25(26,27)28/h3-9,12-13H,10-11H2,1-2H3,(H,29,32). The van der Waals surface area contributed by atoms with E-state index in [1.165, 1.54) is 10.9 Å². The average molecular weight is 451 g/mol. The number of rotatable bonds is 3. The largest absolute Gasteiger partial charge is 0.469 e. The normalized spacial score (nSPS) is 12.9. The summed E-state index contributed by atoms with van der Waals surface area (Å²) in [5.41, 5.74) is 3.83. The zero-order chi connectivity index (χ0) is 23.3. The van der Waals surface area contributed by atoms with Crippen LogP contribution in [0.4, 0.5) is 18.9 Å². The Bertz CT molecular complexity index is 1360. The van der Waals surface area contributed by atoms with E-state index >= 15 is 0 Å². The van der Waals surface area contributed by atoms with Crippen molar-refractivity contribution in [2.45, 2.75) is 32.9 Å². The van der Waals surface area contributed by atoms with Crippen molar-refractivity contribution in [3.05, 3.63) is 88.5 Å². The molecule has 0 bridgehead atoms. The van der Waals surface area contributed by atoms with Crippen molar-refractivity contribution in [3.63, 3.8) is 0 Å². The van der Waals surface area contributed by atoms with Crippen LogP contribution in [0.2, 0.25) is 0 Å². The minimum atomic E-state index is -4.57. The number of aromatic nitrogens is 2. The first-order valence-corrected chi connectivity index (χ1v) is 10.5. The molecule has 2 aromatic carbocycles. The molecule has 0 atom stereocenters. The van der Waals surface area contributed by atoms with Gasteiger partial charge >= 0.3 is 6.18 Å². The van der Waals surface area contributed by atoms with Crippen molar-refractivity contribution in [1.82, 2.24) is 9.78 Å². The van der Waals surface area contributed by atoms with Crippen molar-refractivity contribution < 1.29 is 22.4 Å². The number of carbonyl (C=O) groups excluding carboxylic acids is 1. The maximum absolute atomic E-state index is 13.7. The molecule has 2 aromatic heterocycles. The molecule has 0 aliphatic heterocycles. The van der Waals surface area contributed by atoms with Crippen LogP contribution in [0, 0.1) is 13.8 Å². The Morgan fingerprint density at radius 3 is 2.55 bits per heavy atom. The summed E-state index contributed by atoms with van der Waals surface area (Å²) >= 11 is 0. The second-order valence-electron chi connectivity index (χ2n) is 8.09. The van der Waals surface area contributed by atoms with E-state index in [2.05, 4.69) is 10.4 Å². The van der Waals surface area contributed by atoms with Crippen LogP contribution in [-0.4, -0.2) is 15.7 Å². The summed E-state index contributed by atoms with van der Waals surface area (Å²) in [6, 6.07) is 13.7. The highest BCUT2D eigenvalue weighted by Gasteiger charge is 2.41. The Labute approximate surface area is 187 Å². The highest BCUT2D eigenvalue weighted by molar-refractivity contribution is 6.04. The van der Waals surface area contributed by atoms with Crippen molar-refractivity contribution in [2.24, 2.45) is 0 Å². The lowest BCUT2D eigenvalue weighted by Crippen LogP contribution is -2.13. The minimum absolute atomic E-state index is 0.160. The molecule has 0 unspecified atom stereocenters. The number of benzene rings is 2. The zero-order valence-corrected chi connectivity index (χ0v) is 18.0.